The van der Waals surface area contributed by atoms with E-state index in [-0.39, 0.29) is 6.61 Å². The number of hydrogen-bond acceptors (Lipinski definition) is 2. The van der Waals surface area contributed by atoms with Crippen molar-refractivity contribution in [2.75, 3.05) is 13.3 Å². The molecule has 0 aliphatic rings. The monoisotopic (exact) mass is 158 g/mol. The van der Waals surface area contributed by atoms with Gasteiger partial charge in [0.2, 0.25) is 0 Å². The van der Waals surface area contributed by atoms with Crippen LogP contribution in [0.1, 0.15) is 6.92 Å². The zero-order valence-corrected chi connectivity index (χ0v) is 6.20. The Bertz CT molecular complexity index is 126. The van der Waals surface area contributed by atoms with Crippen molar-refractivity contribution in [2.45, 2.75) is 13.1 Å². The van der Waals surface area contributed by atoms with E-state index in [2.05, 4.69) is 4.52 Å². The molecule has 0 fully saturated rings. The van der Waals surface area contributed by atoms with Crippen molar-refractivity contribution in [1.82, 2.24) is 0 Å². The van der Waals surface area contributed by atoms with Gasteiger partial charge in [-0.2, -0.15) is 8.78 Å². The number of hydrogen-bond donors (Lipinski definition) is 0. The highest BCUT2D eigenvalue weighted by Crippen LogP contribution is 2.49. The van der Waals surface area contributed by atoms with Crippen LogP contribution in [0.15, 0.2) is 0 Å². The summed E-state index contributed by atoms with van der Waals surface area (Å²) in [5.41, 5.74) is 0. The highest BCUT2D eigenvalue weighted by atomic mass is 31.2. The van der Waals surface area contributed by atoms with Gasteiger partial charge in [-0.25, -0.2) is 0 Å². The molecule has 0 aliphatic heterocycles. The summed E-state index contributed by atoms with van der Waals surface area (Å²) in [4.78, 5) is 0. The molecule has 1 atom stereocenters. The summed E-state index contributed by atoms with van der Waals surface area (Å²) < 4.78 is 38.1. The zero-order valence-electron chi connectivity index (χ0n) is 5.30. The van der Waals surface area contributed by atoms with Crippen LogP contribution < -0.4 is 0 Å². The normalized spacial score (nSPS) is 17.9. The highest BCUT2D eigenvalue weighted by molar-refractivity contribution is 7.58. The lowest BCUT2D eigenvalue weighted by molar-refractivity contribution is 0.196. The molecular formula is C4H9F2O2P. The minimum absolute atomic E-state index is 0.0676. The fraction of sp³-hybridized carbons (Fsp3) is 1.00. The van der Waals surface area contributed by atoms with Gasteiger partial charge in [-0.05, 0) is 6.92 Å². The van der Waals surface area contributed by atoms with Gasteiger partial charge in [-0.15, -0.1) is 0 Å². The second-order valence-corrected chi connectivity index (χ2v) is 4.07. The van der Waals surface area contributed by atoms with Crippen molar-refractivity contribution < 1.29 is 17.9 Å². The lowest BCUT2D eigenvalue weighted by Gasteiger charge is -2.09. The fourth-order valence-corrected chi connectivity index (χ4v) is 0.938. The Labute approximate surface area is 52.7 Å². The first-order chi connectivity index (χ1) is 4.00. The predicted octanol–water partition coefficient (Wildman–Crippen LogP) is 2.15. The maximum absolute atomic E-state index is 11.6. The summed E-state index contributed by atoms with van der Waals surface area (Å²) in [6, 6.07) is 0. The third-order valence-electron chi connectivity index (χ3n) is 0.740. The summed E-state index contributed by atoms with van der Waals surface area (Å²) in [5, 5.41) is 0. The first-order valence-electron chi connectivity index (χ1n) is 2.50. The summed E-state index contributed by atoms with van der Waals surface area (Å²) >= 11 is 0. The molecule has 0 radical (unpaired) electrons. The van der Waals surface area contributed by atoms with Crippen LogP contribution in [0.25, 0.3) is 0 Å². The van der Waals surface area contributed by atoms with E-state index >= 15 is 0 Å². The standard InChI is InChI=1S/C4H9F2O2P/c1-3-8-9(2,7)4(5)6/h4H,3H2,1-2H3. The Morgan fingerprint density at radius 3 is 2.22 bits per heavy atom. The van der Waals surface area contributed by atoms with E-state index < -0.39 is 13.5 Å². The second-order valence-electron chi connectivity index (χ2n) is 1.60. The summed E-state index contributed by atoms with van der Waals surface area (Å²) in [5.74, 6) is 0. The van der Waals surface area contributed by atoms with E-state index in [1.54, 1.807) is 0 Å². The molecule has 0 saturated heterocycles. The van der Waals surface area contributed by atoms with E-state index in [1.807, 2.05) is 0 Å². The van der Waals surface area contributed by atoms with Crippen LogP contribution in [-0.2, 0) is 9.09 Å². The summed E-state index contributed by atoms with van der Waals surface area (Å²) in [7, 11) is -3.60. The average molecular weight is 158 g/mol. The molecule has 0 aromatic carbocycles. The molecule has 0 saturated carbocycles. The van der Waals surface area contributed by atoms with Gasteiger partial charge in [-0.1, -0.05) is 0 Å². The smallest absolute Gasteiger partial charge is 0.312 e. The molecule has 5 heteroatoms. The molecule has 56 valence electrons. The average Bonchev–Trinajstić information content (AvgIpc) is 1.65. The fourth-order valence-electron chi connectivity index (χ4n) is 0.313. The van der Waals surface area contributed by atoms with E-state index in [1.165, 1.54) is 6.92 Å². The maximum Gasteiger partial charge on any atom is 0.312 e. The van der Waals surface area contributed by atoms with Crippen LogP contribution in [0.5, 0.6) is 0 Å². The van der Waals surface area contributed by atoms with Crippen molar-refractivity contribution in [3.63, 3.8) is 0 Å². The first kappa shape index (κ1) is 9.05. The van der Waals surface area contributed by atoms with Gasteiger partial charge >= 0.3 is 6.17 Å². The van der Waals surface area contributed by atoms with Crippen LogP contribution in [0.2, 0.25) is 0 Å². The lowest BCUT2D eigenvalue weighted by atomic mass is 10.9. The molecule has 0 aliphatic carbocycles. The molecule has 0 aromatic heterocycles. The molecule has 0 heterocycles. The Morgan fingerprint density at radius 1 is 1.67 bits per heavy atom. The summed E-state index contributed by atoms with van der Waals surface area (Å²) in [6.07, 6.45) is -2.85. The van der Waals surface area contributed by atoms with Gasteiger partial charge in [-0.3, -0.25) is 4.57 Å². The van der Waals surface area contributed by atoms with Crippen molar-refractivity contribution in [2.24, 2.45) is 0 Å². The molecule has 0 rings (SSSR count). The minimum Gasteiger partial charge on any atom is -0.325 e. The first-order valence-corrected chi connectivity index (χ1v) is 4.64. The lowest BCUT2D eigenvalue weighted by Crippen LogP contribution is -1.96. The molecule has 9 heavy (non-hydrogen) atoms. The van der Waals surface area contributed by atoms with E-state index in [0.717, 1.165) is 6.66 Å². The van der Waals surface area contributed by atoms with E-state index in [0.29, 0.717) is 0 Å². The molecule has 0 bridgehead atoms. The van der Waals surface area contributed by atoms with Gasteiger partial charge in [0.15, 0.2) is 0 Å². The second kappa shape index (κ2) is 3.28. The van der Waals surface area contributed by atoms with Crippen molar-refractivity contribution in [3.05, 3.63) is 0 Å². The van der Waals surface area contributed by atoms with Crippen molar-refractivity contribution in [1.29, 1.82) is 0 Å². The molecule has 0 amide bonds. The van der Waals surface area contributed by atoms with E-state index in [9.17, 15) is 13.3 Å². The number of rotatable bonds is 3. The highest BCUT2D eigenvalue weighted by Gasteiger charge is 2.27. The quantitative estimate of drug-likeness (QED) is 0.588. The molecule has 2 nitrogen and oxygen atoms in total. The molecule has 0 N–H and O–H groups in total. The number of halogens is 2. The predicted molar refractivity (Wildman–Crippen MR) is 31.2 cm³/mol. The van der Waals surface area contributed by atoms with Crippen molar-refractivity contribution >= 4 is 7.37 Å². The van der Waals surface area contributed by atoms with Crippen LogP contribution >= 0.6 is 7.37 Å². The molecule has 0 aromatic rings. The molecule has 0 spiro atoms. The van der Waals surface area contributed by atoms with Gasteiger partial charge in [0.1, 0.15) is 0 Å². The molecular weight excluding hydrogens is 149 g/mol. The van der Waals surface area contributed by atoms with Gasteiger partial charge in [0, 0.05) is 6.66 Å². The van der Waals surface area contributed by atoms with Gasteiger partial charge in [0.25, 0.3) is 7.37 Å². The third-order valence-corrected chi connectivity index (χ3v) is 2.22. The Morgan fingerprint density at radius 2 is 2.11 bits per heavy atom. The number of alkyl halides is 2. The van der Waals surface area contributed by atoms with Crippen LogP contribution in [-0.4, -0.2) is 19.4 Å². The zero-order chi connectivity index (χ0) is 7.49. The molecule has 1 unspecified atom stereocenters. The van der Waals surface area contributed by atoms with E-state index in [4.69, 9.17) is 0 Å². The van der Waals surface area contributed by atoms with Crippen LogP contribution in [0.4, 0.5) is 8.78 Å². The van der Waals surface area contributed by atoms with Crippen LogP contribution in [0.3, 0.4) is 0 Å². The van der Waals surface area contributed by atoms with Gasteiger partial charge < -0.3 is 4.52 Å². The topological polar surface area (TPSA) is 26.3 Å². The third kappa shape index (κ3) is 2.92. The maximum atomic E-state index is 11.6. The Kier molecular flexibility index (Phi) is 3.30. The van der Waals surface area contributed by atoms with Crippen molar-refractivity contribution in [3.8, 4) is 0 Å². The van der Waals surface area contributed by atoms with Gasteiger partial charge in [0.05, 0.1) is 6.61 Å². The Hall–Kier alpha value is 0.0500. The van der Waals surface area contributed by atoms with Crippen LogP contribution in [0, 0.1) is 0 Å². The summed E-state index contributed by atoms with van der Waals surface area (Å²) in [6.45, 7) is 2.53. The minimum atomic E-state index is -3.60. The Balaban J connectivity index is 3.87. The SMILES string of the molecule is CCOP(C)(=O)C(F)F. The largest absolute Gasteiger partial charge is 0.325 e.